The number of aliphatic hydroxyl groups is 1. The molecule has 0 unspecified atom stereocenters. The van der Waals surface area contributed by atoms with Gasteiger partial charge in [-0.1, -0.05) is 23.7 Å². The smallest absolute Gasteiger partial charge is 0.221 e. The molecule has 0 spiro atoms. The maximum Gasteiger partial charge on any atom is 0.221 e. The van der Waals surface area contributed by atoms with Gasteiger partial charge in [0.1, 0.15) is 0 Å². The lowest BCUT2D eigenvalue weighted by molar-refractivity contribution is 0.269. The maximum absolute atomic E-state index is 9.48. The monoisotopic (exact) mass is 357 g/mol. The molecule has 0 aliphatic rings. The molecule has 2 aromatic heterocycles. The summed E-state index contributed by atoms with van der Waals surface area (Å²) in [6.07, 6.45) is 1.78. The summed E-state index contributed by atoms with van der Waals surface area (Å²) in [5, 5.41) is 14.6. The molecule has 6 heteroatoms. The van der Waals surface area contributed by atoms with E-state index in [2.05, 4.69) is 10.1 Å². The van der Waals surface area contributed by atoms with Crippen LogP contribution >= 0.6 is 11.6 Å². The molecule has 2 heterocycles. The van der Waals surface area contributed by atoms with Gasteiger partial charge >= 0.3 is 0 Å². The van der Waals surface area contributed by atoms with Crippen molar-refractivity contribution in [1.82, 2.24) is 14.8 Å². The first-order valence-corrected chi connectivity index (χ1v) is 8.50. The third-order valence-corrected chi connectivity index (χ3v) is 4.04. The third kappa shape index (κ3) is 4.00. The minimum absolute atomic E-state index is 0.0492. The Kier molecular flexibility index (Phi) is 5.36. The number of aliphatic hydroxyl groups excluding tert-OH is 1. The van der Waals surface area contributed by atoms with Gasteiger partial charge < -0.3 is 9.84 Å². The highest BCUT2D eigenvalue weighted by Gasteiger charge is 2.12. The molecular weight excluding hydrogens is 338 g/mol. The lowest BCUT2D eigenvalue weighted by Crippen LogP contribution is -2.07. The molecule has 0 saturated heterocycles. The van der Waals surface area contributed by atoms with Crippen LogP contribution in [0.3, 0.4) is 0 Å². The van der Waals surface area contributed by atoms with E-state index in [1.54, 1.807) is 10.9 Å². The summed E-state index contributed by atoms with van der Waals surface area (Å²) in [5.74, 6) is 0.576. The van der Waals surface area contributed by atoms with E-state index in [0.717, 1.165) is 28.1 Å². The molecule has 1 N–H and O–H groups in total. The normalized spacial score (nSPS) is 10.9. The molecule has 0 aliphatic carbocycles. The highest BCUT2D eigenvalue weighted by Crippen LogP contribution is 2.31. The molecule has 0 fully saturated rings. The van der Waals surface area contributed by atoms with Crippen molar-refractivity contribution in [3.8, 4) is 17.0 Å². The molecule has 0 atom stereocenters. The molecule has 0 saturated carbocycles. The molecule has 1 aromatic carbocycles. The van der Waals surface area contributed by atoms with Crippen molar-refractivity contribution >= 4 is 11.6 Å². The van der Waals surface area contributed by atoms with Gasteiger partial charge in [0.15, 0.2) is 0 Å². The minimum Gasteiger partial charge on any atom is -0.478 e. The summed E-state index contributed by atoms with van der Waals surface area (Å²) in [6.45, 7) is 4.84. The van der Waals surface area contributed by atoms with Crippen LogP contribution in [0.1, 0.15) is 23.9 Å². The molecule has 3 rings (SSSR count). The largest absolute Gasteiger partial charge is 0.478 e. The van der Waals surface area contributed by atoms with Gasteiger partial charge in [0.25, 0.3) is 0 Å². The van der Waals surface area contributed by atoms with Crippen LogP contribution < -0.4 is 4.74 Å². The third-order valence-electron chi connectivity index (χ3n) is 3.80. The highest BCUT2D eigenvalue weighted by atomic mass is 35.5. The predicted molar refractivity (Wildman–Crippen MR) is 97.8 cm³/mol. The average Bonchev–Trinajstić information content (AvgIpc) is 2.96. The second kappa shape index (κ2) is 7.68. The van der Waals surface area contributed by atoms with E-state index >= 15 is 0 Å². The fourth-order valence-corrected chi connectivity index (χ4v) is 2.92. The van der Waals surface area contributed by atoms with Gasteiger partial charge in [0, 0.05) is 16.8 Å². The number of pyridine rings is 1. The number of ether oxygens (including phenoxy) is 1. The number of rotatable bonds is 6. The molecule has 0 radical (unpaired) electrons. The van der Waals surface area contributed by atoms with Crippen molar-refractivity contribution < 1.29 is 9.84 Å². The number of aryl methyl sites for hydroxylation is 1. The van der Waals surface area contributed by atoms with Crippen LogP contribution in [-0.2, 0) is 13.2 Å². The van der Waals surface area contributed by atoms with Crippen molar-refractivity contribution in [2.45, 2.75) is 27.0 Å². The quantitative estimate of drug-likeness (QED) is 0.728. The molecule has 0 aliphatic heterocycles. The summed E-state index contributed by atoms with van der Waals surface area (Å²) in [5.41, 5.74) is 4.45. The van der Waals surface area contributed by atoms with Crippen LogP contribution in [0.5, 0.6) is 5.88 Å². The van der Waals surface area contributed by atoms with Crippen molar-refractivity contribution in [2.75, 3.05) is 6.61 Å². The molecule has 0 bridgehead atoms. The maximum atomic E-state index is 9.48. The van der Waals surface area contributed by atoms with Crippen LogP contribution in [0.4, 0.5) is 0 Å². The van der Waals surface area contributed by atoms with Crippen LogP contribution in [0.15, 0.2) is 42.6 Å². The second-order valence-corrected chi connectivity index (χ2v) is 6.17. The highest BCUT2D eigenvalue weighted by molar-refractivity contribution is 6.30. The van der Waals surface area contributed by atoms with Crippen LogP contribution in [0.25, 0.3) is 11.1 Å². The first kappa shape index (κ1) is 17.5. The van der Waals surface area contributed by atoms with Gasteiger partial charge in [-0.25, -0.2) is 4.98 Å². The first-order chi connectivity index (χ1) is 12.1. The summed E-state index contributed by atoms with van der Waals surface area (Å²) in [4.78, 5) is 4.46. The fraction of sp³-hybridized carbons (Fsp3) is 0.263. The standard InChI is InChI=1S/C19H20ClN3O2/c1-3-25-19-18(15-5-4-6-16(20)9-15)8-14(10-21-19)11-23-17(12-24)7-13(2)22-23/h4-10,24H,3,11-12H2,1-2H3. The van der Waals surface area contributed by atoms with E-state index in [1.165, 1.54) is 0 Å². The number of aromatic nitrogens is 3. The lowest BCUT2D eigenvalue weighted by Gasteiger charge is -2.12. The van der Waals surface area contributed by atoms with E-state index in [0.29, 0.717) is 24.1 Å². The van der Waals surface area contributed by atoms with Gasteiger partial charge in [-0.3, -0.25) is 4.68 Å². The van der Waals surface area contributed by atoms with E-state index in [9.17, 15) is 5.11 Å². The van der Waals surface area contributed by atoms with Gasteiger partial charge in [-0.2, -0.15) is 5.10 Å². The minimum atomic E-state index is -0.0492. The van der Waals surface area contributed by atoms with Gasteiger partial charge in [0.05, 0.1) is 31.1 Å². The molecular formula is C19H20ClN3O2. The predicted octanol–water partition coefficient (Wildman–Crippen LogP) is 3.85. The Hall–Kier alpha value is -2.37. The number of nitrogens with zero attached hydrogens (tertiary/aromatic N) is 3. The number of halogens is 1. The first-order valence-electron chi connectivity index (χ1n) is 8.12. The van der Waals surface area contributed by atoms with Gasteiger partial charge in [-0.05, 0) is 49.2 Å². The Balaban J connectivity index is 2.00. The Labute approximate surface area is 151 Å². The Morgan fingerprint density at radius 2 is 2.08 bits per heavy atom. The lowest BCUT2D eigenvalue weighted by atomic mass is 10.1. The van der Waals surface area contributed by atoms with Crippen molar-refractivity contribution in [3.63, 3.8) is 0 Å². The van der Waals surface area contributed by atoms with Crippen molar-refractivity contribution in [3.05, 3.63) is 64.6 Å². The van der Waals surface area contributed by atoms with E-state index in [1.807, 2.05) is 50.2 Å². The van der Waals surface area contributed by atoms with Crippen molar-refractivity contribution in [1.29, 1.82) is 0 Å². The van der Waals surface area contributed by atoms with Crippen molar-refractivity contribution in [2.24, 2.45) is 0 Å². The van der Waals surface area contributed by atoms with E-state index in [-0.39, 0.29) is 6.61 Å². The zero-order valence-electron chi connectivity index (χ0n) is 14.2. The Morgan fingerprint density at radius 3 is 2.80 bits per heavy atom. The average molecular weight is 358 g/mol. The summed E-state index contributed by atoms with van der Waals surface area (Å²) in [7, 11) is 0. The molecule has 130 valence electrons. The zero-order chi connectivity index (χ0) is 17.8. The van der Waals surface area contributed by atoms with Crippen LogP contribution in [0.2, 0.25) is 5.02 Å². The van der Waals surface area contributed by atoms with Gasteiger partial charge in [-0.15, -0.1) is 0 Å². The molecule has 0 amide bonds. The molecule has 3 aromatic rings. The van der Waals surface area contributed by atoms with E-state index < -0.39 is 0 Å². The summed E-state index contributed by atoms with van der Waals surface area (Å²) < 4.78 is 7.46. The van der Waals surface area contributed by atoms with E-state index in [4.69, 9.17) is 16.3 Å². The molecule has 5 nitrogen and oxygen atoms in total. The SMILES string of the molecule is CCOc1ncc(Cn2nc(C)cc2CO)cc1-c1cccc(Cl)c1. The summed E-state index contributed by atoms with van der Waals surface area (Å²) >= 11 is 6.13. The Bertz CT molecular complexity index is 877. The summed E-state index contributed by atoms with van der Waals surface area (Å²) in [6, 6.07) is 11.5. The van der Waals surface area contributed by atoms with Gasteiger partial charge in [0.2, 0.25) is 5.88 Å². The second-order valence-electron chi connectivity index (χ2n) is 5.73. The van der Waals surface area contributed by atoms with Crippen LogP contribution in [0, 0.1) is 6.92 Å². The van der Waals surface area contributed by atoms with Crippen LogP contribution in [-0.4, -0.2) is 26.5 Å². The Morgan fingerprint density at radius 1 is 1.24 bits per heavy atom. The topological polar surface area (TPSA) is 60.2 Å². The molecule has 25 heavy (non-hydrogen) atoms. The fourth-order valence-electron chi connectivity index (χ4n) is 2.73. The number of hydrogen-bond acceptors (Lipinski definition) is 4. The number of hydrogen-bond donors (Lipinski definition) is 1. The number of benzene rings is 1. The zero-order valence-corrected chi connectivity index (χ0v) is 15.0.